The molecule has 0 spiro atoms. The van der Waals surface area contributed by atoms with Crippen LogP contribution >= 0.6 is 0 Å². The van der Waals surface area contributed by atoms with Crippen molar-refractivity contribution in [3.8, 4) is 0 Å². The minimum Gasteiger partial charge on any atom is -0.320 e. The minimum absolute atomic E-state index is 0. The van der Waals surface area contributed by atoms with Crippen LogP contribution in [0.4, 0.5) is 0 Å². The molecule has 0 saturated carbocycles. The van der Waals surface area contributed by atoms with Gasteiger partial charge in [0.05, 0.1) is 0 Å². The molecule has 0 aromatic carbocycles. The molecule has 0 aromatic heterocycles. The van der Waals surface area contributed by atoms with Crippen molar-refractivity contribution in [2.45, 2.75) is 32.2 Å². The number of hydrogen-bond donors (Lipinski definition) is 2. The van der Waals surface area contributed by atoms with Gasteiger partial charge in [-0.05, 0) is 33.5 Å². The second-order valence-electron chi connectivity index (χ2n) is 2.67. The van der Waals surface area contributed by atoms with Crippen LogP contribution in [0.1, 0.15) is 29.0 Å². The molecular formula is C8H24N2. The third kappa shape index (κ3) is 4.77. The largest absolute Gasteiger partial charge is 0.320 e. The van der Waals surface area contributed by atoms with Crippen LogP contribution in [0.25, 0.3) is 0 Å². The van der Waals surface area contributed by atoms with Crippen molar-refractivity contribution < 1.29 is 2.85 Å². The second-order valence-corrected chi connectivity index (χ2v) is 2.67. The Balaban J connectivity index is -0.000000405. The molecule has 0 aliphatic carbocycles. The summed E-state index contributed by atoms with van der Waals surface area (Å²) in [6, 6.07) is 0.706. The van der Waals surface area contributed by atoms with Gasteiger partial charge < -0.3 is 10.6 Å². The predicted molar refractivity (Wildman–Crippen MR) is 50.5 cm³/mol. The monoisotopic (exact) mass is 148 g/mol. The minimum atomic E-state index is 0. The van der Waals surface area contributed by atoms with Crippen LogP contribution in [-0.4, -0.2) is 26.7 Å². The first-order valence-electron chi connectivity index (χ1n) is 4.17. The zero-order valence-electron chi connectivity index (χ0n) is 7.41. The van der Waals surface area contributed by atoms with Crippen LogP contribution in [0.5, 0.6) is 0 Å². The average Bonchev–Trinajstić information content (AvgIpc) is 1.98. The maximum Gasteiger partial charge on any atom is 0.00760 e. The highest BCUT2D eigenvalue weighted by Crippen LogP contribution is 1.98. The molecule has 0 saturated heterocycles. The van der Waals surface area contributed by atoms with Crippen molar-refractivity contribution in [1.29, 1.82) is 0 Å². The molecule has 1 atom stereocenters. The lowest BCUT2D eigenvalue weighted by atomic mass is 10.1. The predicted octanol–water partition coefficient (Wildman–Crippen LogP) is 1.48. The molecule has 0 bridgehead atoms. The van der Waals surface area contributed by atoms with Crippen LogP contribution in [0.15, 0.2) is 0 Å². The molecule has 10 heavy (non-hydrogen) atoms. The zero-order chi connectivity index (χ0) is 7.82. The van der Waals surface area contributed by atoms with Crippen LogP contribution in [0.3, 0.4) is 0 Å². The number of rotatable bonds is 6. The molecule has 0 amide bonds. The zero-order valence-corrected chi connectivity index (χ0v) is 7.41. The summed E-state index contributed by atoms with van der Waals surface area (Å²) < 4.78 is 0. The molecule has 2 nitrogen and oxygen atoms in total. The van der Waals surface area contributed by atoms with Crippen molar-refractivity contribution in [3.05, 3.63) is 0 Å². The second kappa shape index (κ2) is 7.03. The Hall–Kier alpha value is -0.0800. The summed E-state index contributed by atoms with van der Waals surface area (Å²) in [5.74, 6) is 0. The summed E-state index contributed by atoms with van der Waals surface area (Å²) in [5, 5.41) is 6.45. The maximum atomic E-state index is 3.30. The fourth-order valence-corrected chi connectivity index (χ4v) is 1.10. The van der Waals surface area contributed by atoms with Crippen molar-refractivity contribution in [1.82, 2.24) is 10.6 Å². The molecule has 0 aromatic rings. The lowest BCUT2D eigenvalue weighted by Gasteiger charge is -2.13. The van der Waals surface area contributed by atoms with E-state index in [1.165, 1.54) is 19.3 Å². The van der Waals surface area contributed by atoms with E-state index in [4.69, 9.17) is 0 Å². The van der Waals surface area contributed by atoms with Crippen LogP contribution < -0.4 is 10.6 Å². The van der Waals surface area contributed by atoms with E-state index in [9.17, 15) is 0 Å². The summed E-state index contributed by atoms with van der Waals surface area (Å²) >= 11 is 0. The van der Waals surface area contributed by atoms with Crippen molar-refractivity contribution in [2.24, 2.45) is 0 Å². The van der Waals surface area contributed by atoms with Gasteiger partial charge in [0.1, 0.15) is 0 Å². The first-order chi connectivity index (χ1) is 4.85. The van der Waals surface area contributed by atoms with E-state index in [-0.39, 0.29) is 2.85 Å². The molecule has 0 radical (unpaired) electrons. The fraction of sp³-hybridized carbons (Fsp3) is 1.00. The average molecular weight is 148 g/mol. The Labute approximate surface area is 67.4 Å². The Morgan fingerprint density at radius 2 is 2.00 bits per heavy atom. The van der Waals surface area contributed by atoms with Gasteiger partial charge in [-0.1, -0.05) is 13.3 Å². The van der Waals surface area contributed by atoms with Crippen molar-refractivity contribution in [3.63, 3.8) is 0 Å². The van der Waals surface area contributed by atoms with E-state index >= 15 is 0 Å². The van der Waals surface area contributed by atoms with E-state index in [0.29, 0.717) is 6.04 Å². The van der Waals surface area contributed by atoms with E-state index in [0.717, 1.165) is 6.54 Å². The van der Waals surface area contributed by atoms with Crippen molar-refractivity contribution in [2.75, 3.05) is 20.6 Å². The molecule has 0 aliphatic rings. The third-order valence-electron chi connectivity index (χ3n) is 1.79. The lowest BCUT2D eigenvalue weighted by Crippen LogP contribution is -2.28. The van der Waals surface area contributed by atoms with Gasteiger partial charge in [-0.25, -0.2) is 0 Å². The molecule has 0 heterocycles. The van der Waals surface area contributed by atoms with Gasteiger partial charge in [-0.2, -0.15) is 0 Å². The summed E-state index contributed by atoms with van der Waals surface area (Å²) in [5.41, 5.74) is 0. The summed E-state index contributed by atoms with van der Waals surface area (Å²) in [4.78, 5) is 0. The lowest BCUT2D eigenvalue weighted by molar-refractivity contribution is 0.475. The van der Waals surface area contributed by atoms with Crippen LogP contribution in [0, 0.1) is 0 Å². The summed E-state index contributed by atoms with van der Waals surface area (Å²) in [6.45, 7) is 3.34. The normalized spacial score (nSPS) is 13.5. The van der Waals surface area contributed by atoms with Crippen molar-refractivity contribution >= 4 is 0 Å². The SMILES string of the molecule is CCCC(CCNC)NC.[HH].[HH]. The molecule has 0 rings (SSSR count). The standard InChI is InChI=1S/C8H20N2.2H2/c1-4-5-8(10-3)6-7-9-2;;/h8-10H,4-7H2,1-3H3;2*1H. The fourth-order valence-electron chi connectivity index (χ4n) is 1.10. The van der Waals surface area contributed by atoms with Crippen LogP contribution in [0.2, 0.25) is 0 Å². The maximum absolute atomic E-state index is 3.30. The van der Waals surface area contributed by atoms with Gasteiger partial charge in [-0.15, -0.1) is 0 Å². The Morgan fingerprint density at radius 3 is 2.40 bits per heavy atom. The van der Waals surface area contributed by atoms with E-state index in [1.807, 2.05) is 14.1 Å². The molecule has 66 valence electrons. The molecular weight excluding hydrogens is 124 g/mol. The van der Waals surface area contributed by atoms with Gasteiger partial charge >= 0.3 is 0 Å². The van der Waals surface area contributed by atoms with Gasteiger partial charge in [-0.3, -0.25) is 0 Å². The molecule has 0 fully saturated rings. The smallest absolute Gasteiger partial charge is 0.00760 e. The Bertz CT molecular complexity index is 72.1. The van der Waals surface area contributed by atoms with E-state index in [2.05, 4.69) is 17.6 Å². The quantitative estimate of drug-likeness (QED) is 0.596. The molecule has 1 unspecified atom stereocenters. The highest BCUT2D eigenvalue weighted by Gasteiger charge is 2.01. The highest BCUT2D eigenvalue weighted by atomic mass is 14.9. The van der Waals surface area contributed by atoms with Gasteiger partial charge in [0.25, 0.3) is 0 Å². The summed E-state index contributed by atoms with van der Waals surface area (Å²) in [7, 11) is 4.04. The Morgan fingerprint density at radius 1 is 1.30 bits per heavy atom. The first kappa shape index (κ1) is 9.92. The topological polar surface area (TPSA) is 24.1 Å². The molecule has 2 heteroatoms. The third-order valence-corrected chi connectivity index (χ3v) is 1.79. The summed E-state index contributed by atoms with van der Waals surface area (Å²) in [6.07, 6.45) is 3.80. The Kier molecular flexibility index (Phi) is 6.98. The number of hydrogen-bond acceptors (Lipinski definition) is 2. The van der Waals surface area contributed by atoms with Crippen LogP contribution in [-0.2, 0) is 0 Å². The first-order valence-corrected chi connectivity index (χ1v) is 4.17. The van der Waals surface area contributed by atoms with Gasteiger partial charge in [0.15, 0.2) is 0 Å². The van der Waals surface area contributed by atoms with Gasteiger partial charge in [0, 0.05) is 8.90 Å². The van der Waals surface area contributed by atoms with E-state index in [1.54, 1.807) is 0 Å². The van der Waals surface area contributed by atoms with Gasteiger partial charge in [0.2, 0.25) is 0 Å². The highest BCUT2D eigenvalue weighted by molar-refractivity contribution is 4.63. The molecule has 0 aliphatic heterocycles. The number of nitrogens with one attached hydrogen (secondary N) is 2. The molecule has 2 N–H and O–H groups in total. The van der Waals surface area contributed by atoms with E-state index < -0.39 is 0 Å².